The van der Waals surface area contributed by atoms with Gasteiger partial charge in [0, 0.05) is 18.3 Å². The molecule has 1 aromatic carbocycles. The van der Waals surface area contributed by atoms with E-state index in [0.717, 1.165) is 18.4 Å². The largest absolute Gasteiger partial charge is 0.295 e. The second-order valence-electron chi connectivity index (χ2n) is 7.47. The van der Waals surface area contributed by atoms with Gasteiger partial charge in [-0.15, -0.1) is 0 Å². The predicted molar refractivity (Wildman–Crippen MR) is 103 cm³/mol. The van der Waals surface area contributed by atoms with Crippen LogP contribution in [0.1, 0.15) is 30.5 Å². The molecule has 1 atom stereocenters. The highest BCUT2D eigenvalue weighted by molar-refractivity contribution is 6.01. The van der Waals surface area contributed by atoms with Crippen molar-refractivity contribution in [2.45, 2.75) is 32.6 Å². The van der Waals surface area contributed by atoms with Crippen LogP contribution in [0.4, 0.5) is 11.8 Å². The van der Waals surface area contributed by atoms with E-state index in [-0.39, 0.29) is 30.1 Å². The smallest absolute Gasteiger partial charge is 0.248 e. The Bertz CT molecular complexity index is 965. The Morgan fingerprint density at radius 2 is 2.07 bits per heavy atom. The second kappa shape index (κ2) is 7.04. The normalized spacial score (nSPS) is 21.4. The quantitative estimate of drug-likeness (QED) is 0.866. The maximum atomic E-state index is 13.0. The maximum Gasteiger partial charge on any atom is 0.248 e. The molecule has 2 amide bonds. The number of aromatic nitrogens is 2. The van der Waals surface area contributed by atoms with E-state index in [1.807, 2.05) is 30.3 Å². The van der Waals surface area contributed by atoms with Gasteiger partial charge in [0.25, 0.3) is 0 Å². The Hall–Kier alpha value is -3.27. The van der Waals surface area contributed by atoms with Gasteiger partial charge in [0.2, 0.25) is 17.8 Å². The van der Waals surface area contributed by atoms with Gasteiger partial charge in [-0.1, -0.05) is 30.3 Å². The van der Waals surface area contributed by atoms with E-state index in [0.29, 0.717) is 24.5 Å². The number of nitriles is 1. The molecule has 0 spiro atoms. The molecule has 1 N–H and O–H groups in total. The number of hydrogen-bond donors (Lipinski definition) is 1. The molecule has 1 saturated carbocycles. The molecule has 0 bridgehead atoms. The molecule has 1 aromatic heterocycles. The summed E-state index contributed by atoms with van der Waals surface area (Å²) in [6, 6.07) is 13.4. The van der Waals surface area contributed by atoms with E-state index in [4.69, 9.17) is 0 Å². The minimum Gasteiger partial charge on any atom is -0.295 e. The molecule has 0 radical (unpaired) electrons. The lowest BCUT2D eigenvalue weighted by Crippen LogP contribution is -2.35. The van der Waals surface area contributed by atoms with Crippen molar-refractivity contribution in [3.63, 3.8) is 0 Å². The zero-order chi connectivity index (χ0) is 19.7. The zero-order valence-electron chi connectivity index (χ0n) is 15.7. The third-order valence-corrected chi connectivity index (χ3v) is 5.41. The van der Waals surface area contributed by atoms with Crippen molar-refractivity contribution in [2.75, 3.05) is 16.8 Å². The first kappa shape index (κ1) is 18.1. The third-order valence-electron chi connectivity index (χ3n) is 5.41. The fourth-order valence-electron chi connectivity index (χ4n) is 3.80. The summed E-state index contributed by atoms with van der Waals surface area (Å²) >= 11 is 0. The van der Waals surface area contributed by atoms with Gasteiger partial charge >= 0.3 is 0 Å². The molecule has 2 fully saturated rings. The van der Waals surface area contributed by atoms with Crippen LogP contribution in [-0.4, -0.2) is 28.3 Å². The summed E-state index contributed by atoms with van der Waals surface area (Å²) in [6.07, 6.45) is 2.59. The van der Waals surface area contributed by atoms with Gasteiger partial charge in [-0.05, 0) is 37.7 Å². The topological polar surface area (TPSA) is 99.0 Å². The summed E-state index contributed by atoms with van der Waals surface area (Å²) in [6.45, 7) is 2.24. The molecule has 0 unspecified atom stereocenters. The van der Waals surface area contributed by atoms with Crippen molar-refractivity contribution in [1.29, 1.82) is 5.26 Å². The summed E-state index contributed by atoms with van der Waals surface area (Å²) in [5.41, 5.74) is 0.620. The van der Waals surface area contributed by atoms with Gasteiger partial charge in [0.05, 0.1) is 12.5 Å². The summed E-state index contributed by atoms with van der Waals surface area (Å²) < 4.78 is 0. The minimum absolute atomic E-state index is 0.156. The molecule has 28 heavy (non-hydrogen) atoms. The predicted octanol–water partition coefficient (Wildman–Crippen LogP) is 2.62. The molecule has 7 nitrogen and oxygen atoms in total. The first-order chi connectivity index (χ1) is 13.5. The van der Waals surface area contributed by atoms with Crippen molar-refractivity contribution in [3.8, 4) is 6.07 Å². The highest BCUT2D eigenvalue weighted by Gasteiger charge is 2.57. The van der Waals surface area contributed by atoms with Crippen LogP contribution < -0.4 is 10.2 Å². The molecular weight excluding hydrogens is 354 g/mol. The Labute approximate surface area is 163 Å². The highest BCUT2D eigenvalue weighted by atomic mass is 16.2. The van der Waals surface area contributed by atoms with Crippen molar-refractivity contribution in [1.82, 2.24) is 9.97 Å². The molecule has 7 heteroatoms. The number of carbonyl (C=O) groups excluding carboxylic acids is 2. The molecule has 4 rings (SSSR count). The number of benzene rings is 1. The molecule has 142 valence electrons. The van der Waals surface area contributed by atoms with Crippen LogP contribution in [0.25, 0.3) is 0 Å². The summed E-state index contributed by atoms with van der Waals surface area (Å²) in [5, 5.41) is 12.4. The van der Waals surface area contributed by atoms with Crippen LogP contribution in [0.2, 0.25) is 0 Å². The number of nitrogens with one attached hydrogen (secondary N) is 1. The fourth-order valence-corrected chi connectivity index (χ4v) is 3.80. The molecule has 1 aliphatic carbocycles. The monoisotopic (exact) mass is 375 g/mol. The first-order valence-electron chi connectivity index (χ1n) is 9.44. The summed E-state index contributed by atoms with van der Waals surface area (Å²) in [7, 11) is 0. The lowest BCUT2D eigenvalue weighted by atomic mass is 9.83. The third kappa shape index (κ3) is 3.33. The van der Waals surface area contributed by atoms with Crippen LogP contribution in [0, 0.1) is 29.6 Å². The average Bonchev–Trinajstić information content (AvgIpc) is 3.46. The van der Waals surface area contributed by atoms with Crippen molar-refractivity contribution in [3.05, 3.63) is 47.7 Å². The SMILES string of the molecule is Cc1cc(N2CC[C@@](C#N)(C3CC3)C2=O)nc(NC(=O)Cc2ccccc2)n1. The maximum absolute atomic E-state index is 13.0. The van der Waals surface area contributed by atoms with Gasteiger partial charge in [-0.2, -0.15) is 10.2 Å². The highest BCUT2D eigenvalue weighted by Crippen LogP contribution is 2.51. The number of carbonyl (C=O) groups is 2. The number of anilines is 2. The number of nitrogens with zero attached hydrogens (tertiary/aromatic N) is 4. The lowest BCUT2D eigenvalue weighted by molar-refractivity contribution is -0.123. The minimum atomic E-state index is -0.921. The Balaban J connectivity index is 1.52. The van der Waals surface area contributed by atoms with Crippen LogP contribution in [0.5, 0.6) is 0 Å². The fraction of sp³-hybridized carbons (Fsp3) is 0.381. The first-order valence-corrected chi connectivity index (χ1v) is 9.44. The molecule has 2 aromatic rings. The number of amides is 2. The van der Waals surface area contributed by atoms with Crippen molar-refractivity contribution < 1.29 is 9.59 Å². The van der Waals surface area contributed by atoms with Crippen LogP contribution in [0.3, 0.4) is 0 Å². The van der Waals surface area contributed by atoms with Crippen molar-refractivity contribution >= 4 is 23.6 Å². The molecular formula is C21H21N5O2. The van der Waals surface area contributed by atoms with E-state index < -0.39 is 5.41 Å². The van der Waals surface area contributed by atoms with Crippen LogP contribution in [-0.2, 0) is 16.0 Å². The number of aryl methyl sites for hydroxylation is 1. The second-order valence-corrected chi connectivity index (χ2v) is 7.47. The van der Waals surface area contributed by atoms with Gasteiger partial charge < -0.3 is 0 Å². The van der Waals surface area contributed by atoms with E-state index in [9.17, 15) is 14.9 Å². The Morgan fingerprint density at radius 1 is 1.32 bits per heavy atom. The van der Waals surface area contributed by atoms with Crippen LogP contribution in [0.15, 0.2) is 36.4 Å². The molecule has 2 aliphatic rings. The Kier molecular flexibility index (Phi) is 4.55. The van der Waals surface area contributed by atoms with Gasteiger partial charge in [-0.3, -0.25) is 19.8 Å². The standard InChI is InChI=1S/C21H21N5O2/c1-14-11-17(26-10-9-21(13-22,19(26)28)16-7-8-16)24-20(23-14)25-18(27)12-15-5-3-2-4-6-15/h2-6,11,16H,7-10,12H2,1H3,(H,23,24,25,27)/t21-/m1/s1. The molecule has 1 saturated heterocycles. The van der Waals surface area contributed by atoms with E-state index in [1.165, 1.54) is 0 Å². The van der Waals surface area contributed by atoms with E-state index >= 15 is 0 Å². The number of hydrogen-bond acceptors (Lipinski definition) is 5. The average molecular weight is 375 g/mol. The van der Waals surface area contributed by atoms with E-state index in [2.05, 4.69) is 21.4 Å². The van der Waals surface area contributed by atoms with Crippen molar-refractivity contribution in [2.24, 2.45) is 11.3 Å². The molecule has 2 heterocycles. The lowest BCUT2D eigenvalue weighted by Gasteiger charge is -2.20. The zero-order valence-corrected chi connectivity index (χ0v) is 15.7. The van der Waals surface area contributed by atoms with Gasteiger partial charge in [0.1, 0.15) is 11.2 Å². The van der Waals surface area contributed by atoms with Gasteiger partial charge in [-0.25, -0.2) is 4.98 Å². The van der Waals surface area contributed by atoms with E-state index in [1.54, 1.807) is 17.9 Å². The summed E-state index contributed by atoms with van der Waals surface area (Å²) in [5.74, 6) is 0.356. The summed E-state index contributed by atoms with van der Waals surface area (Å²) in [4.78, 5) is 35.5. The Morgan fingerprint density at radius 3 is 2.75 bits per heavy atom. The van der Waals surface area contributed by atoms with Gasteiger partial charge in [0.15, 0.2) is 0 Å². The number of rotatable bonds is 5. The van der Waals surface area contributed by atoms with Crippen LogP contribution >= 0.6 is 0 Å². The molecule has 1 aliphatic heterocycles.